The molecule has 0 bridgehead atoms. The summed E-state index contributed by atoms with van der Waals surface area (Å²) in [5, 5.41) is 6.72. The van der Waals surface area contributed by atoms with Crippen molar-refractivity contribution >= 4 is 5.52 Å². The molecule has 1 saturated carbocycles. The zero-order chi connectivity index (χ0) is 12.8. The van der Waals surface area contributed by atoms with Gasteiger partial charge < -0.3 is 0 Å². The van der Waals surface area contributed by atoms with Gasteiger partial charge in [-0.3, -0.25) is 5.32 Å². The minimum absolute atomic E-state index is 0.162. The summed E-state index contributed by atoms with van der Waals surface area (Å²) in [6.45, 7) is 0.188. The van der Waals surface area contributed by atoms with Crippen LogP contribution in [0.5, 0.6) is 0 Å². The number of rotatable bonds is 3. The van der Waals surface area contributed by atoms with Gasteiger partial charge >= 0.3 is 6.18 Å². The number of nitrogens with one attached hydrogen (secondary N) is 1. The molecule has 0 saturated heterocycles. The molecular formula is C12H12F3N3. The number of nitrogens with zero attached hydrogens (tertiary/aromatic N) is 2. The Kier molecular flexibility index (Phi) is 2.38. The van der Waals surface area contributed by atoms with E-state index in [0.717, 1.165) is 11.1 Å². The molecule has 96 valence electrons. The van der Waals surface area contributed by atoms with Crippen LogP contribution in [-0.4, -0.2) is 21.3 Å². The normalized spacial score (nSPS) is 18.2. The summed E-state index contributed by atoms with van der Waals surface area (Å²) in [6, 6.07) is 5.52. The van der Waals surface area contributed by atoms with E-state index in [-0.39, 0.29) is 19.4 Å². The third-order valence-corrected chi connectivity index (χ3v) is 3.42. The average Bonchev–Trinajstić information content (AvgIpc) is 3.02. The molecule has 2 heterocycles. The summed E-state index contributed by atoms with van der Waals surface area (Å²) in [6.07, 6.45) is -0.467. The van der Waals surface area contributed by atoms with Crippen molar-refractivity contribution in [2.75, 3.05) is 0 Å². The van der Waals surface area contributed by atoms with Crippen molar-refractivity contribution in [3.63, 3.8) is 0 Å². The lowest BCUT2D eigenvalue weighted by molar-refractivity contribution is -0.166. The van der Waals surface area contributed by atoms with Crippen LogP contribution in [0.3, 0.4) is 0 Å². The van der Waals surface area contributed by atoms with Crippen LogP contribution < -0.4 is 5.32 Å². The van der Waals surface area contributed by atoms with Gasteiger partial charge in [0.1, 0.15) is 5.54 Å². The first-order valence-electron chi connectivity index (χ1n) is 5.75. The highest BCUT2D eigenvalue weighted by Gasteiger charge is 2.62. The van der Waals surface area contributed by atoms with Crippen molar-refractivity contribution in [2.24, 2.45) is 0 Å². The van der Waals surface area contributed by atoms with Crippen molar-refractivity contribution in [1.29, 1.82) is 0 Å². The highest BCUT2D eigenvalue weighted by atomic mass is 19.4. The van der Waals surface area contributed by atoms with Crippen molar-refractivity contribution in [1.82, 2.24) is 14.9 Å². The highest BCUT2D eigenvalue weighted by molar-refractivity contribution is 5.53. The maximum absolute atomic E-state index is 12.8. The van der Waals surface area contributed by atoms with Crippen LogP contribution in [0.15, 0.2) is 30.6 Å². The van der Waals surface area contributed by atoms with E-state index in [1.54, 1.807) is 16.9 Å². The monoisotopic (exact) mass is 255 g/mol. The highest BCUT2D eigenvalue weighted by Crippen LogP contribution is 2.49. The molecule has 1 fully saturated rings. The summed E-state index contributed by atoms with van der Waals surface area (Å²) in [4.78, 5) is 0. The zero-order valence-electron chi connectivity index (χ0n) is 9.54. The number of aromatic nitrogens is 2. The Hall–Kier alpha value is -1.56. The molecule has 1 aliphatic carbocycles. The van der Waals surface area contributed by atoms with Gasteiger partial charge in [-0.05, 0) is 25.0 Å². The lowest BCUT2D eigenvalue weighted by atomic mass is 10.2. The van der Waals surface area contributed by atoms with Gasteiger partial charge in [-0.2, -0.15) is 18.3 Å². The minimum Gasteiger partial charge on any atom is -0.299 e. The first-order valence-corrected chi connectivity index (χ1v) is 5.75. The summed E-state index contributed by atoms with van der Waals surface area (Å²) < 4.78 is 39.9. The van der Waals surface area contributed by atoms with Crippen LogP contribution in [0.1, 0.15) is 18.4 Å². The van der Waals surface area contributed by atoms with E-state index in [9.17, 15) is 13.2 Å². The zero-order valence-corrected chi connectivity index (χ0v) is 9.54. The third kappa shape index (κ3) is 1.77. The Bertz CT molecular complexity index is 569. The fraction of sp³-hybridized carbons (Fsp3) is 0.417. The fourth-order valence-corrected chi connectivity index (χ4v) is 2.07. The van der Waals surface area contributed by atoms with E-state index >= 15 is 0 Å². The summed E-state index contributed by atoms with van der Waals surface area (Å²) in [7, 11) is 0. The van der Waals surface area contributed by atoms with Crippen LogP contribution in [0, 0.1) is 0 Å². The minimum atomic E-state index is -4.17. The van der Waals surface area contributed by atoms with Crippen LogP contribution in [-0.2, 0) is 6.54 Å². The van der Waals surface area contributed by atoms with Gasteiger partial charge in [0.25, 0.3) is 0 Å². The van der Waals surface area contributed by atoms with Gasteiger partial charge in [0.2, 0.25) is 0 Å². The van der Waals surface area contributed by atoms with E-state index in [2.05, 4.69) is 10.4 Å². The van der Waals surface area contributed by atoms with Gasteiger partial charge in [0.15, 0.2) is 0 Å². The fourth-order valence-electron chi connectivity index (χ4n) is 2.07. The van der Waals surface area contributed by atoms with E-state index in [4.69, 9.17) is 0 Å². The molecule has 3 nitrogen and oxygen atoms in total. The second-order valence-electron chi connectivity index (χ2n) is 4.63. The van der Waals surface area contributed by atoms with Gasteiger partial charge in [0.05, 0.1) is 11.7 Å². The Balaban J connectivity index is 1.78. The molecule has 0 aliphatic heterocycles. The summed E-state index contributed by atoms with van der Waals surface area (Å²) in [5.41, 5.74) is -0.0511. The largest absolute Gasteiger partial charge is 0.406 e. The standard InChI is InChI=1S/C12H12F3N3/c13-12(14,15)11(4-5-11)16-7-9-8-17-18-6-2-1-3-10(9)18/h1-3,6,8,16H,4-5,7H2. The van der Waals surface area contributed by atoms with E-state index in [0.29, 0.717) is 0 Å². The van der Waals surface area contributed by atoms with Gasteiger partial charge in [0, 0.05) is 18.3 Å². The first kappa shape index (κ1) is 11.5. The second kappa shape index (κ2) is 3.71. The molecular weight excluding hydrogens is 243 g/mol. The number of pyridine rings is 1. The third-order valence-electron chi connectivity index (χ3n) is 3.42. The van der Waals surface area contributed by atoms with Gasteiger partial charge in [-0.15, -0.1) is 0 Å². The van der Waals surface area contributed by atoms with Crippen molar-refractivity contribution in [3.8, 4) is 0 Å². The van der Waals surface area contributed by atoms with Crippen LogP contribution >= 0.6 is 0 Å². The number of fused-ring (bicyclic) bond motifs is 1. The lowest BCUT2D eigenvalue weighted by Crippen LogP contribution is -2.44. The molecule has 6 heteroatoms. The Morgan fingerprint density at radius 3 is 2.78 bits per heavy atom. The maximum Gasteiger partial charge on any atom is 0.406 e. The smallest absolute Gasteiger partial charge is 0.299 e. The van der Waals surface area contributed by atoms with E-state index in [1.165, 1.54) is 0 Å². The first-order chi connectivity index (χ1) is 8.52. The average molecular weight is 255 g/mol. The molecule has 0 aromatic carbocycles. The van der Waals surface area contributed by atoms with Crippen LogP contribution in [0.2, 0.25) is 0 Å². The molecule has 0 atom stereocenters. The summed E-state index contributed by atoms with van der Waals surface area (Å²) >= 11 is 0. The van der Waals surface area contributed by atoms with E-state index in [1.807, 2.05) is 18.2 Å². The summed E-state index contributed by atoms with van der Waals surface area (Å²) in [5.74, 6) is 0. The van der Waals surface area contributed by atoms with Gasteiger partial charge in [-0.25, -0.2) is 4.52 Å². The molecule has 3 rings (SSSR count). The molecule has 1 N–H and O–H groups in total. The van der Waals surface area contributed by atoms with Crippen molar-refractivity contribution in [3.05, 3.63) is 36.2 Å². The molecule has 0 unspecified atom stereocenters. The van der Waals surface area contributed by atoms with Crippen molar-refractivity contribution < 1.29 is 13.2 Å². The predicted octanol–water partition coefficient (Wildman–Crippen LogP) is 2.52. The topological polar surface area (TPSA) is 29.3 Å². The molecule has 2 aromatic heterocycles. The predicted molar refractivity (Wildman–Crippen MR) is 60.1 cm³/mol. The van der Waals surface area contributed by atoms with Crippen LogP contribution in [0.25, 0.3) is 5.52 Å². The molecule has 18 heavy (non-hydrogen) atoms. The lowest BCUT2D eigenvalue weighted by Gasteiger charge is -2.20. The Morgan fingerprint density at radius 2 is 2.11 bits per heavy atom. The molecule has 0 radical (unpaired) electrons. The SMILES string of the molecule is FC(F)(F)C1(NCc2cnn3ccccc23)CC1. The maximum atomic E-state index is 12.8. The number of hydrogen-bond acceptors (Lipinski definition) is 2. The molecule has 0 amide bonds. The second-order valence-corrected chi connectivity index (χ2v) is 4.63. The molecule has 0 spiro atoms. The van der Waals surface area contributed by atoms with Crippen molar-refractivity contribution in [2.45, 2.75) is 31.1 Å². The quantitative estimate of drug-likeness (QED) is 0.913. The molecule has 2 aromatic rings. The van der Waals surface area contributed by atoms with E-state index < -0.39 is 11.7 Å². The Morgan fingerprint density at radius 1 is 1.33 bits per heavy atom. The number of hydrogen-bond donors (Lipinski definition) is 1. The number of alkyl halides is 3. The molecule has 1 aliphatic rings. The van der Waals surface area contributed by atoms with Crippen LogP contribution in [0.4, 0.5) is 13.2 Å². The van der Waals surface area contributed by atoms with Gasteiger partial charge in [-0.1, -0.05) is 6.07 Å². The Labute approximate surface area is 102 Å². The number of halogens is 3.